The molecule has 3 atom stereocenters. The molecule has 2 fully saturated rings. The molecular formula is C11H13NO4S. The predicted molar refractivity (Wildman–Crippen MR) is 61.0 cm³/mol. The second-order valence-corrected chi connectivity index (χ2v) is 5.68. The number of nitrogens with zero attached hydrogens (tertiary/aromatic N) is 1. The molecule has 3 heterocycles. The fraction of sp³-hybridized carbons (Fsp3) is 0.636. The van der Waals surface area contributed by atoms with Crippen molar-refractivity contribution in [1.82, 2.24) is 4.90 Å². The van der Waals surface area contributed by atoms with E-state index in [0.29, 0.717) is 6.61 Å². The van der Waals surface area contributed by atoms with Crippen LogP contribution in [0, 0.1) is 5.92 Å². The Morgan fingerprint density at radius 2 is 2.35 bits per heavy atom. The van der Waals surface area contributed by atoms with Gasteiger partial charge >= 0.3 is 5.97 Å². The van der Waals surface area contributed by atoms with Gasteiger partial charge in [-0.1, -0.05) is 18.7 Å². The monoisotopic (exact) mass is 255 g/mol. The normalized spacial score (nSPS) is 36.2. The number of thioether (sulfide) groups is 1. The zero-order valence-corrected chi connectivity index (χ0v) is 10.2. The molecule has 1 N–H and O–H groups in total. The van der Waals surface area contributed by atoms with Crippen LogP contribution in [0.1, 0.15) is 19.8 Å². The van der Waals surface area contributed by atoms with Crippen molar-refractivity contribution >= 4 is 23.6 Å². The number of aliphatic carboxylic acids is 1. The molecule has 0 aromatic rings. The van der Waals surface area contributed by atoms with E-state index in [1.165, 1.54) is 16.7 Å². The van der Waals surface area contributed by atoms with E-state index in [1.54, 1.807) is 0 Å². The van der Waals surface area contributed by atoms with Crippen molar-refractivity contribution in [3.63, 3.8) is 0 Å². The van der Waals surface area contributed by atoms with Gasteiger partial charge in [-0.2, -0.15) is 0 Å². The van der Waals surface area contributed by atoms with E-state index < -0.39 is 5.97 Å². The van der Waals surface area contributed by atoms with Crippen molar-refractivity contribution in [2.24, 2.45) is 5.92 Å². The highest BCUT2D eigenvalue weighted by Crippen LogP contribution is 2.51. The molecule has 92 valence electrons. The van der Waals surface area contributed by atoms with Gasteiger partial charge in [0.1, 0.15) is 5.70 Å². The fourth-order valence-electron chi connectivity index (χ4n) is 2.53. The minimum atomic E-state index is -1.02. The molecule has 0 aromatic heterocycles. The van der Waals surface area contributed by atoms with Gasteiger partial charge in [0.05, 0.1) is 17.4 Å². The van der Waals surface area contributed by atoms with Gasteiger partial charge in [0.15, 0.2) is 0 Å². The topological polar surface area (TPSA) is 66.8 Å². The first-order valence-corrected chi connectivity index (χ1v) is 6.58. The molecule has 0 spiro atoms. The Bertz CT molecular complexity index is 427. The van der Waals surface area contributed by atoms with E-state index in [0.717, 1.165) is 17.7 Å². The standard InChI is InChI=1S/C11H13NO4S/c1-5-9(13)12-7(11(14)15)8(17-10(5)12)6-3-2-4-16-6/h5-6,10H,2-4H2,1H3,(H,14,15)/t5-,6-,10-/m1/s1. The van der Waals surface area contributed by atoms with Gasteiger partial charge < -0.3 is 9.84 Å². The van der Waals surface area contributed by atoms with Gasteiger partial charge in [0.2, 0.25) is 5.91 Å². The van der Waals surface area contributed by atoms with Gasteiger partial charge in [0, 0.05) is 11.5 Å². The molecule has 2 saturated heterocycles. The Labute approximate surface area is 103 Å². The predicted octanol–water partition coefficient (Wildman–Crippen LogP) is 1.01. The highest BCUT2D eigenvalue weighted by Gasteiger charge is 2.55. The average Bonchev–Trinajstić information content (AvgIpc) is 2.93. The van der Waals surface area contributed by atoms with Crippen LogP contribution in [0.15, 0.2) is 10.6 Å². The van der Waals surface area contributed by atoms with Crippen LogP contribution in [0.25, 0.3) is 0 Å². The molecule has 5 nitrogen and oxygen atoms in total. The van der Waals surface area contributed by atoms with Crippen LogP contribution in [-0.4, -0.2) is 40.0 Å². The Kier molecular flexibility index (Phi) is 2.45. The average molecular weight is 255 g/mol. The number of carbonyl (C=O) groups is 2. The van der Waals surface area contributed by atoms with Crippen molar-refractivity contribution in [2.45, 2.75) is 31.2 Å². The summed E-state index contributed by atoms with van der Waals surface area (Å²) >= 11 is 1.48. The molecular weight excluding hydrogens is 242 g/mol. The number of rotatable bonds is 2. The van der Waals surface area contributed by atoms with Gasteiger partial charge in [0.25, 0.3) is 0 Å². The number of fused-ring (bicyclic) bond motifs is 1. The molecule has 0 saturated carbocycles. The zero-order chi connectivity index (χ0) is 12.2. The summed E-state index contributed by atoms with van der Waals surface area (Å²) in [6.45, 7) is 2.52. The maximum absolute atomic E-state index is 11.7. The molecule has 6 heteroatoms. The lowest BCUT2D eigenvalue weighted by atomic mass is 9.99. The van der Waals surface area contributed by atoms with E-state index in [4.69, 9.17) is 4.74 Å². The number of amides is 1. The Balaban J connectivity index is 1.95. The highest BCUT2D eigenvalue weighted by atomic mass is 32.2. The van der Waals surface area contributed by atoms with E-state index >= 15 is 0 Å². The lowest BCUT2D eigenvalue weighted by molar-refractivity contribution is -0.150. The Hall–Kier alpha value is -1.01. The number of carbonyl (C=O) groups excluding carboxylic acids is 1. The molecule has 0 radical (unpaired) electrons. The van der Waals surface area contributed by atoms with Crippen LogP contribution < -0.4 is 0 Å². The van der Waals surface area contributed by atoms with Crippen LogP contribution in [-0.2, 0) is 14.3 Å². The van der Waals surface area contributed by atoms with Crippen molar-refractivity contribution in [2.75, 3.05) is 6.61 Å². The second kappa shape index (κ2) is 3.74. The lowest BCUT2D eigenvalue weighted by Crippen LogP contribution is -2.55. The maximum atomic E-state index is 11.7. The number of hydrogen-bond donors (Lipinski definition) is 1. The Morgan fingerprint density at radius 3 is 2.94 bits per heavy atom. The van der Waals surface area contributed by atoms with E-state index in [-0.39, 0.29) is 29.0 Å². The third kappa shape index (κ3) is 1.43. The summed E-state index contributed by atoms with van der Waals surface area (Å²) in [5.41, 5.74) is 0.148. The van der Waals surface area contributed by atoms with Crippen LogP contribution >= 0.6 is 11.8 Å². The first-order chi connectivity index (χ1) is 8.11. The van der Waals surface area contributed by atoms with Crippen molar-refractivity contribution in [1.29, 1.82) is 0 Å². The summed E-state index contributed by atoms with van der Waals surface area (Å²) in [7, 11) is 0. The van der Waals surface area contributed by atoms with Gasteiger partial charge in [-0.3, -0.25) is 9.69 Å². The molecule has 3 aliphatic heterocycles. The summed E-state index contributed by atoms with van der Waals surface area (Å²) in [6, 6.07) is 0. The third-order valence-corrected chi connectivity index (χ3v) is 5.03. The quantitative estimate of drug-likeness (QED) is 0.746. The first kappa shape index (κ1) is 11.1. The molecule has 17 heavy (non-hydrogen) atoms. The molecule has 0 unspecified atom stereocenters. The SMILES string of the molecule is C[C@@H]1C(=O)N2C(C(=O)O)=C([C@H]3CCCO3)S[C@H]12. The number of carboxylic acids is 1. The molecule has 0 aliphatic carbocycles. The van der Waals surface area contributed by atoms with Crippen LogP contribution in [0.5, 0.6) is 0 Å². The molecule has 1 amide bonds. The van der Waals surface area contributed by atoms with Crippen molar-refractivity contribution in [3.8, 4) is 0 Å². The Morgan fingerprint density at radius 1 is 1.59 bits per heavy atom. The minimum Gasteiger partial charge on any atom is -0.477 e. The minimum absolute atomic E-state index is 0.0344. The summed E-state index contributed by atoms with van der Waals surface area (Å²) in [5.74, 6) is -1.20. The van der Waals surface area contributed by atoms with E-state index in [2.05, 4.69) is 0 Å². The number of β-lactam (4-membered cyclic amide) rings is 1. The molecule has 0 aromatic carbocycles. The van der Waals surface area contributed by atoms with Crippen LogP contribution in [0.2, 0.25) is 0 Å². The van der Waals surface area contributed by atoms with Crippen LogP contribution in [0.3, 0.4) is 0 Å². The van der Waals surface area contributed by atoms with Gasteiger partial charge in [-0.25, -0.2) is 4.79 Å². The zero-order valence-electron chi connectivity index (χ0n) is 9.38. The summed E-state index contributed by atoms with van der Waals surface area (Å²) in [5, 5.41) is 9.22. The van der Waals surface area contributed by atoms with Gasteiger partial charge in [-0.15, -0.1) is 0 Å². The lowest BCUT2D eigenvalue weighted by Gasteiger charge is -2.40. The highest BCUT2D eigenvalue weighted by molar-refractivity contribution is 8.04. The third-order valence-electron chi connectivity index (χ3n) is 3.46. The van der Waals surface area contributed by atoms with E-state index in [1.807, 2.05) is 6.92 Å². The molecule has 3 rings (SSSR count). The maximum Gasteiger partial charge on any atom is 0.353 e. The fourth-order valence-corrected chi connectivity index (χ4v) is 4.06. The largest absolute Gasteiger partial charge is 0.477 e. The van der Waals surface area contributed by atoms with Crippen molar-refractivity contribution < 1.29 is 19.4 Å². The number of hydrogen-bond acceptors (Lipinski definition) is 4. The van der Waals surface area contributed by atoms with Gasteiger partial charge in [-0.05, 0) is 12.8 Å². The van der Waals surface area contributed by atoms with E-state index in [9.17, 15) is 14.7 Å². The summed E-state index contributed by atoms with van der Waals surface area (Å²) in [6.07, 6.45) is 1.68. The number of ether oxygens (including phenoxy) is 1. The summed E-state index contributed by atoms with van der Waals surface area (Å²) in [4.78, 5) is 25.1. The van der Waals surface area contributed by atoms with Crippen molar-refractivity contribution in [3.05, 3.63) is 10.6 Å². The molecule has 0 bridgehead atoms. The second-order valence-electron chi connectivity index (χ2n) is 4.53. The molecule has 3 aliphatic rings. The first-order valence-electron chi connectivity index (χ1n) is 5.70. The smallest absolute Gasteiger partial charge is 0.353 e. The number of carboxylic acid groups (broad SMARTS) is 1. The van der Waals surface area contributed by atoms with Crippen LogP contribution in [0.4, 0.5) is 0 Å². The summed E-state index contributed by atoms with van der Waals surface area (Å²) < 4.78 is 5.53.